The Labute approximate surface area is 186 Å². The fourth-order valence-electron chi connectivity index (χ4n) is 4.07. The van der Waals surface area contributed by atoms with Gasteiger partial charge < -0.3 is 15.4 Å². The summed E-state index contributed by atoms with van der Waals surface area (Å²) in [5.74, 6) is 0.526. The highest BCUT2D eigenvalue weighted by atomic mass is 32.2. The first kappa shape index (κ1) is 21.8. The van der Waals surface area contributed by atoms with Crippen molar-refractivity contribution in [2.45, 2.75) is 38.6 Å². The highest BCUT2D eigenvalue weighted by Gasteiger charge is 2.33. The van der Waals surface area contributed by atoms with E-state index in [1.54, 1.807) is 12.1 Å². The highest BCUT2D eigenvalue weighted by Crippen LogP contribution is 2.39. The summed E-state index contributed by atoms with van der Waals surface area (Å²) in [6.45, 7) is 2.02. The lowest BCUT2D eigenvalue weighted by molar-refractivity contribution is -0.118. The minimum atomic E-state index is -3.10. The van der Waals surface area contributed by atoms with E-state index >= 15 is 0 Å². The van der Waals surface area contributed by atoms with Crippen LogP contribution in [0, 0.1) is 5.92 Å². The third-order valence-electron chi connectivity index (χ3n) is 5.67. The van der Waals surface area contributed by atoms with Crippen LogP contribution in [0.5, 0.6) is 5.75 Å². The van der Waals surface area contributed by atoms with Gasteiger partial charge in [0.05, 0.1) is 17.1 Å². The number of amides is 2. The summed E-state index contributed by atoms with van der Waals surface area (Å²) in [7, 11) is -3.10. The summed E-state index contributed by atoms with van der Waals surface area (Å²) in [5, 5.41) is 6.24. The van der Waals surface area contributed by atoms with Crippen LogP contribution < -0.4 is 15.4 Å². The molecule has 4 rings (SSSR count). The molecule has 0 saturated carbocycles. The van der Waals surface area contributed by atoms with Crippen LogP contribution in [0.1, 0.15) is 40.6 Å². The van der Waals surface area contributed by atoms with E-state index in [-0.39, 0.29) is 36.0 Å². The van der Waals surface area contributed by atoms with Crippen LogP contribution in [0.3, 0.4) is 0 Å². The molecule has 2 atom stereocenters. The van der Waals surface area contributed by atoms with Crippen LogP contribution >= 0.6 is 11.3 Å². The monoisotopic (exact) mass is 462 g/mol. The van der Waals surface area contributed by atoms with Crippen molar-refractivity contribution in [2.24, 2.45) is 5.92 Å². The van der Waals surface area contributed by atoms with Crippen LogP contribution in [0.4, 0.5) is 5.00 Å². The second-order valence-electron chi connectivity index (χ2n) is 8.28. The lowest BCUT2D eigenvalue weighted by atomic mass is 9.88. The Morgan fingerprint density at radius 3 is 2.68 bits per heavy atom. The Hall–Kier alpha value is -2.39. The maximum atomic E-state index is 13.1. The molecule has 1 aromatic carbocycles. The molecule has 7 nitrogen and oxygen atoms in total. The number of para-hydroxylation sites is 1. The molecule has 2 N–H and O–H groups in total. The fraction of sp³-hybridized carbons (Fsp3) is 0.455. The second kappa shape index (κ2) is 9.00. The molecule has 1 aromatic heterocycles. The number of rotatable bonds is 6. The predicted octanol–water partition coefficient (Wildman–Crippen LogP) is 2.81. The third-order valence-corrected chi connectivity index (χ3v) is 8.61. The van der Waals surface area contributed by atoms with Gasteiger partial charge in [0.2, 0.25) is 0 Å². The Bertz CT molecular complexity index is 1080. The second-order valence-corrected chi connectivity index (χ2v) is 11.6. The topological polar surface area (TPSA) is 102 Å². The molecule has 2 aliphatic rings. The van der Waals surface area contributed by atoms with Crippen molar-refractivity contribution in [2.75, 3.05) is 23.4 Å². The van der Waals surface area contributed by atoms with Gasteiger partial charge >= 0.3 is 0 Å². The lowest BCUT2D eigenvalue weighted by Gasteiger charge is -2.19. The van der Waals surface area contributed by atoms with Crippen molar-refractivity contribution >= 4 is 38.0 Å². The van der Waals surface area contributed by atoms with E-state index in [0.29, 0.717) is 28.7 Å². The summed E-state index contributed by atoms with van der Waals surface area (Å²) in [5.41, 5.74) is 1.45. The first-order valence-electron chi connectivity index (χ1n) is 10.4. The number of anilines is 1. The van der Waals surface area contributed by atoms with Gasteiger partial charge in [-0.25, -0.2) is 8.42 Å². The lowest BCUT2D eigenvalue weighted by Crippen LogP contribution is -2.36. The van der Waals surface area contributed by atoms with Crippen molar-refractivity contribution in [3.8, 4) is 5.75 Å². The van der Waals surface area contributed by atoms with Crippen molar-refractivity contribution in [3.63, 3.8) is 0 Å². The summed E-state index contributed by atoms with van der Waals surface area (Å²) >= 11 is 1.44. The average molecular weight is 463 g/mol. The van der Waals surface area contributed by atoms with Gasteiger partial charge in [-0.15, -0.1) is 11.3 Å². The largest absolute Gasteiger partial charge is 0.484 e. The van der Waals surface area contributed by atoms with Gasteiger partial charge in [0, 0.05) is 10.9 Å². The van der Waals surface area contributed by atoms with Crippen molar-refractivity contribution in [1.29, 1.82) is 0 Å². The van der Waals surface area contributed by atoms with Crippen molar-refractivity contribution in [1.82, 2.24) is 5.32 Å². The number of nitrogens with one attached hydrogen (secondary N) is 2. The number of thiophene rings is 1. The summed E-state index contributed by atoms with van der Waals surface area (Å²) < 4.78 is 29.0. The number of carbonyl (C=O) groups is 2. The maximum Gasteiger partial charge on any atom is 0.262 e. The number of hydrogen-bond donors (Lipinski definition) is 2. The Kier molecular flexibility index (Phi) is 6.34. The van der Waals surface area contributed by atoms with Crippen LogP contribution in [0.25, 0.3) is 0 Å². The van der Waals surface area contributed by atoms with Gasteiger partial charge in [-0.1, -0.05) is 25.1 Å². The van der Waals surface area contributed by atoms with Gasteiger partial charge in [0.15, 0.2) is 16.4 Å². The molecule has 1 aliphatic heterocycles. The van der Waals surface area contributed by atoms with Crippen LogP contribution in [-0.2, 0) is 27.5 Å². The van der Waals surface area contributed by atoms with E-state index in [9.17, 15) is 18.0 Å². The number of sulfone groups is 1. The summed E-state index contributed by atoms with van der Waals surface area (Å²) in [6, 6.07) is 8.67. The zero-order chi connectivity index (χ0) is 22.0. The van der Waals surface area contributed by atoms with E-state index in [1.807, 2.05) is 18.2 Å². The van der Waals surface area contributed by atoms with E-state index in [2.05, 4.69) is 17.6 Å². The molecule has 2 amide bonds. The SMILES string of the molecule is C[C@H]1CCc2c(sc(NC(=O)COc3ccccc3)c2C(=O)N[C@@H]2CCS(=O)(=O)C2)C1. The summed E-state index contributed by atoms with van der Waals surface area (Å²) in [6.07, 6.45) is 3.04. The average Bonchev–Trinajstić information content (AvgIpc) is 3.25. The first-order chi connectivity index (χ1) is 14.8. The van der Waals surface area contributed by atoms with Crippen molar-refractivity contribution in [3.05, 3.63) is 46.3 Å². The molecule has 0 unspecified atom stereocenters. The van der Waals surface area contributed by atoms with Crippen LogP contribution in [-0.4, -0.2) is 44.4 Å². The van der Waals surface area contributed by atoms with E-state index in [0.717, 1.165) is 29.7 Å². The number of benzene rings is 1. The molecule has 0 bridgehead atoms. The Morgan fingerprint density at radius 2 is 1.97 bits per heavy atom. The molecule has 9 heteroatoms. The molecule has 0 spiro atoms. The van der Waals surface area contributed by atoms with Gasteiger partial charge in [-0.2, -0.15) is 0 Å². The molecule has 1 fully saturated rings. The van der Waals surface area contributed by atoms with Gasteiger partial charge in [0.1, 0.15) is 10.8 Å². The number of fused-ring (bicyclic) bond motifs is 1. The number of carbonyl (C=O) groups excluding carboxylic acids is 2. The van der Waals surface area contributed by atoms with E-state index in [1.165, 1.54) is 11.3 Å². The molecular formula is C22H26N2O5S2. The maximum absolute atomic E-state index is 13.1. The highest BCUT2D eigenvalue weighted by molar-refractivity contribution is 7.91. The predicted molar refractivity (Wildman–Crippen MR) is 121 cm³/mol. The number of ether oxygens (including phenoxy) is 1. The van der Waals surface area contributed by atoms with Gasteiger partial charge in [-0.3, -0.25) is 9.59 Å². The smallest absolute Gasteiger partial charge is 0.262 e. The Balaban J connectivity index is 1.51. The van der Waals surface area contributed by atoms with Gasteiger partial charge in [-0.05, 0) is 49.3 Å². The zero-order valence-electron chi connectivity index (χ0n) is 17.3. The molecule has 0 radical (unpaired) electrons. The normalized spacial score (nSPS) is 21.8. The zero-order valence-corrected chi connectivity index (χ0v) is 19.0. The van der Waals surface area contributed by atoms with E-state index in [4.69, 9.17) is 4.74 Å². The minimum absolute atomic E-state index is 0.0330. The standard InChI is InChI=1S/C22H26N2O5S2/c1-14-7-8-17-18(11-14)30-22(24-19(25)12-29-16-5-3-2-4-6-16)20(17)21(26)23-15-9-10-31(27,28)13-15/h2-6,14-15H,7-13H2,1H3,(H,23,26)(H,24,25)/t14-,15+/m0/s1. The fourth-order valence-corrected chi connectivity index (χ4v) is 7.17. The molecular weight excluding hydrogens is 436 g/mol. The van der Waals surface area contributed by atoms with Crippen LogP contribution in [0.15, 0.2) is 30.3 Å². The Morgan fingerprint density at radius 1 is 1.19 bits per heavy atom. The quantitative estimate of drug-likeness (QED) is 0.687. The molecule has 2 aromatic rings. The molecule has 1 aliphatic carbocycles. The van der Waals surface area contributed by atoms with Gasteiger partial charge in [0.25, 0.3) is 11.8 Å². The summed E-state index contributed by atoms with van der Waals surface area (Å²) in [4.78, 5) is 26.8. The first-order valence-corrected chi connectivity index (χ1v) is 13.1. The minimum Gasteiger partial charge on any atom is -0.484 e. The molecule has 31 heavy (non-hydrogen) atoms. The molecule has 2 heterocycles. The van der Waals surface area contributed by atoms with E-state index < -0.39 is 9.84 Å². The van der Waals surface area contributed by atoms with Crippen LogP contribution in [0.2, 0.25) is 0 Å². The van der Waals surface area contributed by atoms with Crippen molar-refractivity contribution < 1.29 is 22.7 Å². The number of hydrogen-bond acceptors (Lipinski definition) is 6. The molecule has 166 valence electrons. The molecule has 1 saturated heterocycles. The third kappa shape index (κ3) is 5.27.